The van der Waals surface area contributed by atoms with Gasteiger partial charge < -0.3 is 4.79 Å². The van der Waals surface area contributed by atoms with Crippen molar-refractivity contribution in [2.75, 3.05) is 0 Å². The molecule has 0 heterocycles. The Bertz CT molecular complexity index is 349. The summed E-state index contributed by atoms with van der Waals surface area (Å²) in [5.74, 6) is 0.155. The molecular weight excluding hydrogens is 184 g/mol. The van der Waals surface area contributed by atoms with Crippen LogP contribution < -0.4 is 0 Å². The zero-order chi connectivity index (χ0) is 11.1. The van der Waals surface area contributed by atoms with Crippen LogP contribution in [0.25, 0.3) is 6.08 Å². The number of hydrogen-bond donors (Lipinski definition) is 0. The van der Waals surface area contributed by atoms with Gasteiger partial charge >= 0.3 is 0 Å². The van der Waals surface area contributed by atoms with Gasteiger partial charge in [0.1, 0.15) is 6.29 Å². The number of benzene rings is 1. The second-order valence-electron chi connectivity index (χ2n) is 3.63. The molecule has 0 aliphatic heterocycles. The molecule has 0 bridgehead atoms. The Labute approximate surface area is 91.1 Å². The van der Waals surface area contributed by atoms with Gasteiger partial charge in [-0.05, 0) is 12.5 Å². The first-order valence-corrected chi connectivity index (χ1v) is 5.06. The molecule has 1 heteroatoms. The third-order valence-corrected chi connectivity index (χ3v) is 2.30. The van der Waals surface area contributed by atoms with Crippen LogP contribution in [0.15, 0.2) is 48.6 Å². The highest BCUT2D eigenvalue weighted by molar-refractivity contribution is 5.54. The molecule has 0 radical (unpaired) electrons. The summed E-state index contributed by atoms with van der Waals surface area (Å²) in [4.78, 5) is 10.5. The topological polar surface area (TPSA) is 17.1 Å². The lowest BCUT2D eigenvalue weighted by atomic mass is 9.97. The number of carbonyl (C=O) groups excluding carboxylic acids is 1. The summed E-state index contributed by atoms with van der Waals surface area (Å²) in [6.45, 7) is 5.82. The van der Waals surface area contributed by atoms with Crippen molar-refractivity contribution in [3.8, 4) is 0 Å². The molecule has 1 aromatic carbocycles. The third kappa shape index (κ3) is 3.94. The molecule has 0 amide bonds. The Kier molecular flexibility index (Phi) is 4.55. The Morgan fingerprint density at radius 2 is 2.07 bits per heavy atom. The predicted octanol–water partition coefficient (Wildman–Crippen LogP) is 3.48. The number of carbonyl (C=O) groups is 1. The van der Waals surface area contributed by atoms with Gasteiger partial charge in [0.2, 0.25) is 0 Å². The third-order valence-electron chi connectivity index (χ3n) is 2.30. The highest BCUT2D eigenvalue weighted by Gasteiger charge is 2.03. The van der Waals surface area contributed by atoms with Gasteiger partial charge in [0, 0.05) is 12.3 Å². The fraction of sp³-hybridized carbons (Fsp3) is 0.214. The van der Waals surface area contributed by atoms with Crippen LogP contribution in [0.4, 0.5) is 0 Å². The molecule has 0 saturated carbocycles. The molecule has 1 atom stereocenters. The molecule has 0 fully saturated rings. The Morgan fingerprint density at radius 3 is 2.60 bits per heavy atom. The van der Waals surface area contributed by atoms with E-state index in [1.54, 1.807) is 0 Å². The molecule has 1 nitrogen and oxygen atoms in total. The highest BCUT2D eigenvalue weighted by atomic mass is 16.1. The molecule has 0 spiro atoms. The Hall–Kier alpha value is -1.63. The second kappa shape index (κ2) is 5.97. The zero-order valence-electron chi connectivity index (χ0n) is 9.02. The van der Waals surface area contributed by atoms with Crippen LogP contribution in [0.3, 0.4) is 0 Å². The van der Waals surface area contributed by atoms with Gasteiger partial charge in [-0.2, -0.15) is 0 Å². The van der Waals surface area contributed by atoms with Crippen molar-refractivity contribution < 1.29 is 4.79 Å². The number of aldehydes is 1. The summed E-state index contributed by atoms with van der Waals surface area (Å²) in [7, 11) is 0. The smallest absolute Gasteiger partial charge is 0.120 e. The summed E-state index contributed by atoms with van der Waals surface area (Å²) >= 11 is 0. The first kappa shape index (κ1) is 11.4. The maximum atomic E-state index is 10.5. The molecule has 78 valence electrons. The number of allylic oxidation sites excluding steroid dienone is 2. The van der Waals surface area contributed by atoms with E-state index in [4.69, 9.17) is 0 Å². The Morgan fingerprint density at radius 1 is 1.40 bits per heavy atom. The molecule has 1 rings (SSSR count). The van der Waals surface area contributed by atoms with Gasteiger partial charge in [-0.3, -0.25) is 0 Å². The summed E-state index contributed by atoms with van der Waals surface area (Å²) in [5.41, 5.74) is 2.17. The maximum Gasteiger partial charge on any atom is 0.120 e. The highest BCUT2D eigenvalue weighted by Crippen LogP contribution is 2.15. The van der Waals surface area contributed by atoms with Crippen LogP contribution in [0.2, 0.25) is 0 Å². The van der Waals surface area contributed by atoms with Gasteiger partial charge in [0.25, 0.3) is 0 Å². The average Bonchev–Trinajstić information content (AvgIpc) is 2.25. The SMILES string of the molecule is C=C(C)C(/C=C/c1ccccc1)CC=O. The van der Waals surface area contributed by atoms with Crippen molar-refractivity contribution in [3.05, 3.63) is 54.1 Å². The van der Waals surface area contributed by atoms with E-state index < -0.39 is 0 Å². The van der Waals surface area contributed by atoms with Crippen molar-refractivity contribution in [2.24, 2.45) is 5.92 Å². The largest absolute Gasteiger partial charge is 0.303 e. The monoisotopic (exact) mass is 200 g/mol. The molecule has 0 aliphatic carbocycles. The molecule has 15 heavy (non-hydrogen) atoms. The first-order chi connectivity index (χ1) is 7.24. The van der Waals surface area contributed by atoms with Gasteiger partial charge in [0.15, 0.2) is 0 Å². The number of hydrogen-bond acceptors (Lipinski definition) is 1. The molecule has 0 N–H and O–H groups in total. The molecule has 0 aromatic heterocycles. The first-order valence-electron chi connectivity index (χ1n) is 5.06. The molecule has 1 unspecified atom stereocenters. The van der Waals surface area contributed by atoms with Gasteiger partial charge in [-0.15, -0.1) is 0 Å². The van der Waals surface area contributed by atoms with E-state index in [1.807, 2.05) is 49.4 Å². The average molecular weight is 200 g/mol. The maximum absolute atomic E-state index is 10.5. The fourth-order valence-corrected chi connectivity index (χ4v) is 1.34. The van der Waals surface area contributed by atoms with E-state index in [0.29, 0.717) is 6.42 Å². The van der Waals surface area contributed by atoms with Gasteiger partial charge in [0.05, 0.1) is 0 Å². The van der Waals surface area contributed by atoms with Crippen molar-refractivity contribution in [1.29, 1.82) is 0 Å². The van der Waals surface area contributed by atoms with E-state index in [0.717, 1.165) is 17.4 Å². The quantitative estimate of drug-likeness (QED) is 0.525. The normalized spacial score (nSPS) is 12.6. The number of rotatable bonds is 5. The van der Waals surface area contributed by atoms with Crippen LogP contribution in [0.5, 0.6) is 0 Å². The fourth-order valence-electron chi connectivity index (χ4n) is 1.34. The lowest BCUT2D eigenvalue weighted by Crippen LogP contribution is -1.97. The van der Waals surface area contributed by atoms with E-state index in [2.05, 4.69) is 6.58 Å². The van der Waals surface area contributed by atoms with Crippen molar-refractivity contribution >= 4 is 12.4 Å². The molecule has 0 aliphatic rings. The summed E-state index contributed by atoms with van der Waals surface area (Å²) in [6.07, 6.45) is 5.52. The van der Waals surface area contributed by atoms with Crippen LogP contribution in [0, 0.1) is 5.92 Å². The van der Waals surface area contributed by atoms with E-state index in [9.17, 15) is 4.79 Å². The van der Waals surface area contributed by atoms with E-state index >= 15 is 0 Å². The zero-order valence-corrected chi connectivity index (χ0v) is 9.02. The van der Waals surface area contributed by atoms with Crippen LogP contribution in [0.1, 0.15) is 18.9 Å². The van der Waals surface area contributed by atoms with Gasteiger partial charge in [-0.1, -0.05) is 54.6 Å². The standard InChI is InChI=1S/C14H16O/c1-12(2)14(10-11-15)9-8-13-6-4-3-5-7-13/h3-9,11,14H,1,10H2,2H3/b9-8+. The van der Waals surface area contributed by atoms with Crippen LogP contribution >= 0.6 is 0 Å². The van der Waals surface area contributed by atoms with Crippen molar-refractivity contribution in [3.63, 3.8) is 0 Å². The molecular formula is C14H16O. The lowest BCUT2D eigenvalue weighted by Gasteiger charge is -2.07. The lowest BCUT2D eigenvalue weighted by molar-refractivity contribution is -0.108. The van der Waals surface area contributed by atoms with E-state index in [-0.39, 0.29) is 5.92 Å². The van der Waals surface area contributed by atoms with E-state index in [1.165, 1.54) is 0 Å². The molecule has 1 aromatic rings. The molecule has 0 saturated heterocycles. The second-order valence-corrected chi connectivity index (χ2v) is 3.63. The summed E-state index contributed by atoms with van der Waals surface area (Å²) < 4.78 is 0. The van der Waals surface area contributed by atoms with Gasteiger partial charge in [-0.25, -0.2) is 0 Å². The van der Waals surface area contributed by atoms with Crippen molar-refractivity contribution in [1.82, 2.24) is 0 Å². The summed E-state index contributed by atoms with van der Waals surface area (Å²) in [5, 5.41) is 0. The Balaban J connectivity index is 2.69. The van der Waals surface area contributed by atoms with Crippen LogP contribution in [-0.4, -0.2) is 6.29 Å². The minimum atomic E-state index is 0.155. The van der Waals surface area contributed by atoms with Crippen molar-refractivity contribution in [2.45, 2.75) is 13.3 Å². The van der Waals surface area contributed by atoms with Crippen LogP contribution in [-0.2, 0) is 4.79 Å². The minimum Gasteiger partial charge on any atom is -0.303 e. The minimum absolute atomic E-state index is 0.155. The summed E-state index contributed by atoms with van der Waals surface area (Å²) in [6, 6.07) is 10.0. The predicted molar refractivity (Wildman–Crippen MR) is 64.5 cm³/mol.